The van der Waals surface area contributed by atoms with Gasteiger partial charge in [0.1, 0.15) is 0 Å². The van der Waals surface area contributed by atoms with Crippen LogP contribution in [0.4, 0.5) is 102 Å². The van der Waals surface area contributed by atoms with Crippen LogP contribution < -0.4 is 62.2 Å². The Morgan fingerprint density at radius 2 is 0.472 bits per heavy atom. The lowest BCUT2D eigenvalue weighted by Gasteiger charge is -2.48. The maximum Gasteiger partial charge on any atom is 0.252 e. The predicted molar refractivity (Wildman–Crippen MR) is 458 cm³/mol. The standard InChI is InChI=1S/C98H94B2N6/c1-63-53-67(95(5,6)7)45-49-81(63)105(82-50-46-68(54-64(82)2)96(8,9)10)75-57-89-93-91(59-75)103(73-37-25-19-26-38-73)87-62-88-80(61-79(87)99(93)77-41-29-31-43-85(77)101(89)71-33-21-17-22-34-71)100-78-42-30-32-44-86(78)102(72-35-23-18-24-36-72)90-58-76(60-92(94(90)100)104(88)74-39-27-20-28-40-74)106(83-51-47-69(55-65(83)3)97(11,12)13)84-52-48-70(56-66(84)4)98(14,15)16/h17-62H,1-16H3. The Labute approximate surface area is 630 Å². The van der Waals surface area contributed by atoms with E-state index in [1.54, 1.807) is 0 Å². The number of benzene rings is 13. The van der Waals surface area contributed by atoms with Gasteiger partial charge in [-0.1, -0.05) is 247 Å². The molecule has 0 saturated heterocycles. The molecule has 6 nitrogen and oxygen atoms in total. The minimum Gasteiger partial charge on any atom is -0.311 e. The van der Waals surface area contributed by atoms with Gasteiger partial charge in [0.05, 0.1) is 11.4 Å². The van der Waals surface area contributed by atoms with Crippen LogP contribution in [0.25, 0.3) is 0 Å². The maximum atomic E-state index is 2.66. The summed E-state index contributed by atoms with van der Waals surface area (Å²) in [5.41, 5.74) is 37.8. The number of para-hydroxylation sites is 6. The second kappa shape index (κ2) is 25.3. The van der Waals surface area contributed by atoms with Crippen molar-refractivity contribution in [3.05, 3.63) is 324 Å². The molecule has 8 heteroatoms. The van der Waals surface area contributed by atoms with E-state index >= 15 is 0 Å². The summed E-state index contributed by atoms with van der Waals surface area (Å²) < 4.78 is 0. The van der Waals surface area contributed by atoms with Gasteiger partial charge >= 0.3 is 0 Å². The summed E-state index contributed by atoms with van der Waals surface area (Å²) in [5, 5.41) is 0. The van der Waals surface area contributed by atoms with Crippen molar-refractivity contribution in [1.29, 1.82) is 0 Å². The van der Waals surface area contributed by atoms with Crippen molar-refractivity contribution in [3.8, 4) is 0 Å². The van der Waals surface area contributed by atoms with Gasteiger partial charge in [0, 0.05) is 91.0 Å². The van der Waals surface area contributed by atoms with E-state index in [1.807, 2.05) is 0 Å². The van der Waals surface area contributed by atoms with Crippen LogP contribution in [0.15, 0.2) is 279 Å². The van der Waals surface area contributed by atoms with Gasteiger partial charge in [-0.15, -0.1) is 0 Å². The molecule has 0 atom stereocenters. The zero-order valence-electron chi connectivity index (χ0n) is 64.4. The third kappa shape index (κ3) is 11.3. The molecule has 4 heterocycles. The van der Waals surface area contributed by atoms with Crippen molar-refractivity contribution in [2.24, 2.45) is 0 Å². The lowest BCUT2D eigenvalue weighted by atomic mass is 9.30. The third-order valence-corrected chi connectivity index (χ3v) is 22.8. The van der Waals surface area contributed by atoms with Gasteiger partial charge in [-0.25, -0.2) is 0 Å². The van der Waals surface area contributed by atoms with E-state index in [4.69, 9.17) is 0 Å². The molecular weight excluding hydrogens is 1280 g/mol. The molecule has 0 fully saturated rings. The summed E-state index contributed by atoms with van der Waals surface area (Å²) in [4.78, 5) is 15.5. The zero-order chi connectivity index (χ0) is 73.6. The maximum absolute atomic E-state index is 2.66. The Balaban J connectivity index is 0.989. The molecule has 17 rings (SSSR count). The molecule has 0 bridgehead atoms. The van der Waals surface area contributed by atoms with Gasteiger partial charge in [0.25, 0.3) is 13.4 Å². The van der Waals surface area contributed by atoms with Gasteiger partial charge < -0.3 is 29.4 Å². The first kappa shape index (κ1) is 67.9. The minimum atomic E-state index is -0.188. The Hall–Kier alpha value is -11.2. The summed E-state index contributed by atoms with van der Waals surface area (Å²) >= 11 is 0. The van der Waals surface area contributed by atoms with Gasteiger partial charge in [0.2, 0.25) is 0 Å². The first-order chi connectivity index (χ1) is 50.8. The van der Waals surface area contributed by atoms with Crippen molar-refractivity contribution < 1.29 is 0 Å². The summed E-state index contributed by atoms with van der Waals surface area (Å²) in [6.07, 6.45) is 0. The van der Waals surface area contributed by atoms with E-state index in [0.717, 1.165) is 102 Å². The lowest BCUT2D eigenvalue weighted by Crippen LogP contribution is -2.65. The molecule has 4 aliphatic heterocycles. The third-order valence-electron chi connectivity index (χ3n) is 22.8. The number of anilines is 18. The molecule has 0 saturated carbocycles. The quantitative estimate of drug-likeness (QED) is 0.126. The molecule has 4 aliphatic rings. The lowest BCUT2D eigenvalue weighted by molar-refractivity contribution is 0.589. The smallest absolute Gasteiger partial charge is 0.252 e. The fraction of sp³-hybridized carbons (Fsp3) is 0.204. The minimum absolute atomic E-state index is 0.0438. The van der Waals surface area contributed by atoms with E-state index in [0.29, 0.717) is 0 Å². The van der Waals surface area contributed by atoms with Crippen molar-refractivity contribution in [2.75, 3.05) is 29.4 Å². The van der Waals surface area contributed by atoms with Gasteiger partial charge in [-0.05, 0) is 242 Å². The summed E-state index contributed by atoms with van der Waals surface area (Å²) in [5.74, 6) is 0. The largest absolute Gasteiger partial charge is 0.311 e. The highest BCUT2D eigenvalue weighted by atomic mass is 15.2. The number of hydrogen-bond acceptors (Lipinski definition) is 6. The highest BCUT2D eigenvalue weighted by Crippen LogP contribution is 2.54. The van der Waals surface area contributed by atoms with Crippen LogP contribution in [0.1, 0.15) is 128 Å². The molecule has 0 radical (unpaired) electrons. The molecule has 106 heavy (non-hydrogen) atoms. The summed E-state index contributed by atoms with van der Waals surface area (Å²) in [6.45, 7) is 36.7. The van der Waals surface area contributed by atoms with E-state index in [2.05, 4.69) is 419 Å². The average Bonchev–Trinajstić information content (AvgIpc) is 0.682. The Kier molecular flexibility index (Phi) is 16.2. The second-order valence-corrected chi connectivity index (χ2v) is 34.1. The van der Waals surface area contributed by atoms with Crippen LogP contribution in [0.5, 0.6) is 0 Å². The fourth-order valence-electron chi connectivity index (χ4n) is 17.3. The van der Waals surface area contributed by atoms with Crippen LogP contribution in [-0.2, 0) is 21.7 Å². The molecule has 0 aliphatic carbocycles. The highest BCUT2D eigenvalue weighted by Gasteiger charge is 2.49. The van der Waals surface area contributed by atoms with E-state index < -0.39 is 0 Å². The van der Waals surface area contributed by atoms with Crippen LogP contribution in [0.3, 0.4) is 0 Å². The number of hydrogen-bond donors (Lipinski definition) is 0. The molecule has 522 valence electrons. The molecule has 0 unspecified atom stereocenters. The fourth-order valence-corrected chi connectivity index (χ4v) is 17.3. The van der Waals surface area contributed by atoms with E-state index in [1.165, 1.54) is 77.3 Å². The Morgan fingerprint density at radius 3 is 0.726 bits per heavy atom. The molecule has 0 aromatic heterocycles. The van der Waals surface area contributed by atoms with Crippen molar-refractivity contribution >= 4 is 149 Å². The Morgan fingerprint density at radius 1 is 0.226 bits per heavy atom. The van der Waals surface area contributed by atoms with Crippen LogP contribution in [-0.4, -0.2) is 13.4 Å². The van der Waals surface area contributed by atoms with Gasteiger partial charge in [-0.2, -0.15) is 0 Å². The topological polar surface area (TPSA) is 19.4 Å². The zero-order valence-corrected chi connectivity index (χ0v) is 64.4. The van der Waals surface area contributed by atoms with Crippen LogP contribution >= 0.6 is 0 Å². The molecule has 0 amide bonds. The number of rotatable bonds is 10. The van der Waals surface area contributed by atoms with Gasteiger partial charge in [-0.3, -0.25) is 0 Å². The van der Waals surface area contributed by atoms with E-state index in [-0.39, 0.29) is 35.1 Å². The summed E-state index contributed by atoms with van der Waals surface area (Å²) in [7, 11) is 0. The monoisotopic (exact) mass is 1380 g/mol. The van der Waals surface area contributed by atoms with Crippen molar-refractivity contribution in [3.63, 3.8) is 0 Å². The van der Waals surface area contributed by atoms with Crippen molar-refractivity contribution in [1.82, 2.24) is 0 Å². The normalized spacial score (nSPS) is 13.5. The number of aryl methyl sites for hydroxylation is 4. The average molecular weight is 1380 g/mol. The second-order valence-electron chi connectivity index (χ2n) is 34.1. The predicted octanol–water partition coefficient (Wildman–Crippen LogP) is 23.2. The number of nitrogens with zero attached hydrogens (tertiary/aromatic N) is 6. The van der Waals surface area contributed by atoms with Crippen molar-refractivity contribution in [2.45, 2.75) is 132 Å². The SMILES string of the molecule is Cc1cc(C(C)(C)C)ccc1N(c1cc2c3c(c1)N(c1ccccc1)c1cc4c(cc1B3c1ccccc1N2c1ccccc1)B1c2ccccc2N(c2ccccc2)c2cc(N(c3ccc(C(C)(C)C)cc3C)c3ccc(C(C)(C)C)cc3C)cc(c21)N4c1ccccc1)c1ccc(C(C)(C)C)cc1C. The van der Waals surface area contributed by atoms with Crippen LogP contribution in [0, 0.1) is 27.7 Å². The van der Waals surface area contributed by atoms with E-state index in [9.17, 15) is 0 Å². The highest BCUT2D eigenvalue weighted by molar-refractivity contribution is 7.03. The molecule has 0 N–H and O–H groups in total. The first-order valence-electron chi connectivity index (χ1n) is 38.0. The molecule has 13 aromatic rings. The van der Waals surface area contributed by atoms with Gasteiger partial charge in [0.15, 0.2) is 0 Å². The Bertz CT molecular complexity index is 5150. The van der Waals surface area contributed by atoms with Crippen LogP contribution in [0.2, 0.25) is 0 Å². The number of fused-ring (bicyclic) bond motifs is 8. The molecular formula is C98H94B2N6. The first-order valence-corrected chi connectivity index (χ1v) is 38.0. The molecule has 0 spiro atoms. The molecule has 13 aromatic carbocycles. The summed E-state index contributed by atoms with van der Waals surface area (Å²) in [6, 6.07) is 107.